The number of nitrogens with zero attached hydrogens (tertiary/aromatic N) is 6. The molecule has 4 rings (SSSR count). The average Bonchev–Trinajstić information content (AvgIpc) is 3.19. The minimum Gasteiger partial charge on any atom is -0.313 e. The van der Waals surface area contributed by atoms with Crippen LogP contribution >= 0.6 is 0 Å². The SMILES string of the molecule is Cc1nnc2n1CCN(Cc1ccc(-n3ccnc3)cc1)C2. The van der Waals surface area contributed by atoms with Gasteiger partial charge >= 0.3 is 0 Å². The van der Waals surface area contributed by atoms with Crippen LogP contribution in [-0.4, -0.2) is 35.8 Å². The summed E-state index contributed by atoms with van der Waals surface area (Å²) >= 11 is 0. The quantitative estimate of drug-likeness (QED) is 0.739. The molecule has 0 atom stereocenters. The van der Waals surface area contributed by atoms with E-state index in [1.54, 1.807) is 6.20 Å². The van der Waals surface area contributed by atoms with E-state index in [1.807, 2.05) is 24.0 Å². The zero-order valence-electron chi connectivity index (χ0n) is 12.6. The number of imidazole rings is 1. The van der Waals surface area contributed by atoms with E-state index in [2.05, 4.69) is 48.9 Å². The normalized spacial score (nSPS) is 15.0. The van der Waals surface area contributed by atoms with Crippen molar-refractivity contribution in [3.63, 3.8) is 0 Å². The van der Waals surface area contributed by atoms with Crippen LogP contribution in [-0.2, 0) is 19.6 Å². The molecule has 0 aliphatic carbocycles. The van der Waals surface area contributed by atoms with Gasteiger partial charge in [-0.15, -0.1) is 10.2 Å². The van der Waals surface area contributed by atoms with Crippen LogP contribution in [0.1, 0.15) is 17.2 Å². The van der Waals surface area contributed by atoms with Gasteiger partial charge in [-0.2, -0.15) is 0 Å². The van der Waals surface area contributed by atoms with E-state index in [1.165, 1.54) is 5.56 Å². The molecule has 0 amide bonds. The minimum absolute atomic E-state index is 0.865. The van der Waals surface area contributed by atoms with Gasteiger partial charge in [0.15, 0.2) is 0 Å². The lowest BCUT2D eigenvalue weighted by Gasteiger charge is -2.27. The van der Waals surface area contributed by atoms with Crippen LogP contribution in [0.4, 0.5) is 0 Å². The molecule has 6 nitrogen and oxygen atoms in total. The van der Waals surface area contributed by atoms with Crippen molar-refractivity contribution in [3.8, 4) is 5.69 Å². The number of hydrogen-bond acceptors (Lipinski definition) is 4. The fourth-order valence-corrected chi connectivity index (χ4v) is 2.93. The Balaban J connectivity index is 1.46. The van der Waals surface area contributed by atoms with E-state index in [0.717, 1.165) is 43.5 Å². The molecular weight excluding hydrogens is 276 g/mol. The first-order valence-corrected chi connectivity index (χ1v) is 7.48. The van der Waals surface area contributed by atoms with Gasteiger partial charge < -0.3 is 9.13 Å². The Morgan fingerprint density at radius 3 is 2.73 bits per heavy atom. The molecule has 22 heavy (non-hydrogen) atoms. The molecule has 0 radical (unpaired) electrons. The highest BCUT2D eigenvalue weighted by molar-refractivity contribution is 5.34. The van der Waals surface area contributed by atoms with Gasteiger partial charge in [0, 0.05) is 37.7 Å². The summed E-state index contributed by atoms with van der Waals surface area (Å²) in [5.41, 5.74) is 2.45. The standard InChI is InChI=1S/C16H18N6/c1-13-18-19-16-11-20(8-9-22(13)16)10-14-2-4-15(5-3-14)21-7-6-17-12-21/h2-7,12H,8-11H2,1H3. The van der Waals surface area contributed by atoms with Gasteiger partial charge in [-0.25, -0.2) is 4.98 Å². The Bertz CT molecular complexity index is 757. The predicted molar refractivity (Wildman–Crippen MR) is 82.4 cm³/mol. The molecule has 0 saturated heterocycles. The maximum atomic E-state index is 4.26. The third kappa shape index (κ3) is 2.42. The topological polar surface area (TPSA) is 51.8 Å². The maximum absolute atomic E-state index is 4.26. The van der Waals surface area contributed by atoms with E-state index >= 15 is 0 Å². The number of rotatable bonds is 3. The highest BCUT2D eigenvalue weighted by atomic mass is 15.3. The van der Waals surface area contributed by atoms with Gasteiger partial charge in [0.1, 0.15) is 11.6 Å². The van der Waals surface area contributed by atoms with Crippen molar-refractivity contribution < 1.29 is 0 Å². The van der Waals surface area contributed by atoms with E-state index in [4.69, 9.17) is 0 Å². The molecule has 0 unspecified atom stereocenters. The number of hydrogen-bond donors (Lipinski definition) is 0. The predicted octanol–water partition coefficient (Wildman–Crippen LogP) is 1.79. The fourth-order valence-electron chi connectivity index (χ4n) is 2.93. The summed E-state index contributed by atoms with van der Waals surface area (Å²) in [4.78, 5) is 6.49. The van der Waals surface area contributed by atoms with E-state index in [0.29, 0.717) is 0 Å². The summed E-state index contributed by atoms with van der Waals surface area (Å²) in [5.74, 6) is 2.08. The number of aryl methyl sites for hydroxylation is 1. The van der Waals surface area contributed by atoms with Gasteiger partial charge in [-0.3, -0.25) is 4.90 Å². The van der Waals surface area contributed by atoms with Gasteiger partial charge in [0.05, 0.1) is 12.9 Å². The van der Waals surface area contributed by atoms with Crippen LogP contribution in [0.5, 0.6) is 0 Å². The maximum Gasteiger partial charge on any atom is 0.147 e. The molecule has 3 aromatic rings. The second kappa shape index (κ2) is 5.38. The molecule has 3 heterocycles. The second-order valence-electron chi connectivity index (χ2n) is 5.66. The Morgan fingerprint density at radius 2 is 1.95 bits per heavy atom. The van der Waals surface area contributed by atoms with Crippen LogP contribution in [0.2, 0.25) is 0 Å². The van der Waals surface area contributed by atoms with Gasteiger partial charge in [0.25, 0.3) is 0 Å². The Kier molecular flexibility index (Phi) is 3.23. The summed E-state index contributed by atoms with van der Waals surface area (Å²) in [6, 6.07) is 8.63. The largest absolute Gasteiger partial charge is 0.313 e. The molecule has 1 aromatic carbocycles. The van der Waals surface area contributed by atoms with Crippen molar-refractivity contribution in [2.75, 3.05) is 6.54 Å². The summed E-state index contributed by atoms with van der Waals surface area (Å²) in [6.07, 6.45) is 5.56. The molecule has 1 aliphatic heterocycles. The first kappa shape index (κ1) is 13.2. The molecule has 2 aromatic heterocycles. The van der Waals surface area contributed by atoms with Crippen LogP contribution in [0, 0.1) is 6.92 Å². The third-order valence-electron chi connectivity index (χ3n) is 4.16. The van der Waals surface area contributed by atoms with Crippen molar-refractivity contribution in [1.82, 2.24) is 29.2 Å². The van der Waals surface area contributed by atoms with Crippen LogP contribution in [0.3, 0.4) is 0 Å². The lowest BCUT2D eigenvalue weighted by molar-refractivity contribution is 0.207. The lowest BCUT2D eigenvalue weighted by atomic mass is 10.2. The van der Waals surface area contributed by atoms with Crippen molar-refractivity contribution in [2.24, 2.45) is 0 Å². The molecule has 6 heteroatoms. The van der Waals surface area contributed by atoms with E-state index in [9.17, 15) is 0 Å². The Hall–Kier alpha value is -2.47. The minimum atomic E-state index is 0.865. The highest BCUT2D eigenvalue weighted by Gasteiger charge is 2.19. The molecular formula is C16H18N6. The first-order valence-electron chi connectivity index (χ1n) is 7.48. The number of aromatic nitrogens is 5. The van der Waals surface area contributed by atoms with Crippen molar-refractivity contribution in [1.29, 1.82) is 0 Å². The van der Waals surface area contributed by atoms with Crippen molar-refractivity contribution in [3.05, 3.63) is 60.2 Å². The first-order chi connectivity index (χ1) is 10.8. The molecule has 1 aliphatic rings. The zero-order valence-corrected chi connectivity index (χ0v) is 12.6. The van der Waals surface area contributed by atoms with Crippen LogP contribution in [0.25, 0.3) is 5.69 Å². The Labute approximate surface area is 129 Å². The van der Waals surface area contributed by atoms with Gasteiger partial charge in [0.2, 0.25) is 0 Å². The molecule has 0 bridgehead atoms. The summed E-state index contributed by atoms with van der Waals surface area (Å²) in [6.45, 7) is 5.83. The number of benzene rings is 1. The molecule has 0 fully saturated rings. The van der Waals surface area contributed by atoms with Crippen LogP contribution in [0.15, 0.2) is 43.0 Å². The van der Waals surface area contributed by atoms with Crippen molar-refractivity contribution >= 4 is 0 Å². The Morgan fingerprint density at radius 1 is 1.09 bits per heavy atom. The molecule has 0 N–H and O–H groups in total. The highest BCUT2D eigenvalue weighted by Crippen LogP contribution is 2.16. The van der Waals surface area contributed by atoms with Crippen molar-refractivity contribution in [2.45, 2.75) is 26.6 Å². The van der Waals surface area contributed by atoms with Gasteiger partial charge in [-0.1, -0.05) is 12.1 Å². The second-order valence-corrected chi connectivity index (χ2v) is 5.66. The summed E-state index contributed by atoms with van der Waals surface area (Å²) in [5, 5.41) is 8.41. The van der Waals surface area contributed by atoms with Gasteiger partial charge in [-0.05, 0) is 24.6 Å². The summed E-state index contributed by atoms with van der Waals surface area (Å²) < 4.78 is 4.22. The van der Waals surface area contributed by atoms with E-state index in [-0.39, 0.29) is 0 Å². The smallest absolute Gasteiger partial charge is 0.147 e. The molecule has 0 saturated carbocycles. The monoisotopic (exact) mass is 294 g/mol. The average molecular weight is 294 g/mol. The van der Waals surface area contributed by atoms with Crippen LogP contribution < -0.4 is 0 Å². The zero-order chi connectivity index (χ0) is 14.9. The summed E-state index contributed by atoms with van der Waals surface area (Å²) in [7, 11) is 0. The molecule has 112 valence electrons. The van der Waals surface area contributed by atoms with E-state index < -0.39 is 0 Å². The fraction of sp³-hybridized carbons (Fsp3) is 0.312. The third-order valence-corrected chi connectivity index (χ3v) is 4.16. The lowest BCUT2D eigenvalue weighted by Crippen LogP contribution is -2.33. The molecule has 0 spiro atoms. The number of fused-ring (bicyclic) bond motifs is 1.